The molecular formula is C12H16N2O3. The molecule has 0 aromatic heterocycles. The van der Waals surface area contributed by atoms with Crippen LogP contribution in [0.4, 0.5) is 5.69 Å². The van der Waals surface area contributed by atoms with Crippen molar-refractivity contribution in [1.29, 1.82) is 0 Å². The largest absolute Gasteiger partial charge is 0.484 e. The van der Waals surface area contributed by atoms with Gasteiger partial charge in [-0.2, -0.15) is 0 Å². The molecule has 17 heavy (non-hydrogen) atoms. The number of likely N-dealkylation sites (N-methyl/N-ethyl adjacent to an activating group) is 1. The predicted octanol–water partition coefficient (Wildman–Crippen LogP) is 1.17. The SMILES string of the molecule is CNCC1Oc2c(cccc2C(=O)O)NC1C. The highest BCUT2D eigenvalue weighted by Gasteiger charge is 2.28. The Morgan fingerprint density at radius 3 is 3.00 bits per heavy atom. The number of rotatable bonds is 3. The van der Waals surface area contributed by atoms with Crippen molar-refractivity contribution in [3.63, 3.8) is 0 Å². The molecule has 0 amide bonds. The van der Waals surface area contributed by atoms with Gasteiger partial charge in [-0.3, -0.25) is 0 Å². The maximum absolute atomic E-state index is 11.1. The topological polar surface area (TPSA) is 70.6 Å². The van der Waals surface area contributed by atoms with Gasteiger partial charge in [0.05, 0.1) is 11.7 Å². The molecule has 2 unspecified atom stereocenters. The summed E-state index contributed by atoms with van der Waals surface area (Å²) >= 11 is 0. The van der Waals surface area contributed by atoms with Crippen LogP contribution in [0.25, 0.3) is 0 Å². The van der Waals surface area contributed by atoms with E-state index in [4.69, 9.17) is 9.84 Å². The molecule has 92 valence electrons. The Bertz CT molecular complexity index is 434. The van der Waals surface area contributed by atoms with Gasteiger partial charge in [-0.15, -0.1) is 0 Å². The highest BCUT2D eigenvalue weighted by Crippen LogP contribution is 2.34. The van der Waals surface area contributed by atoms with Crippen LogP contribution in [0.3, 0.4) is 0 Å². The fourth-order valence-corrected chi connectivity index (χ4v) is 1.96. The van der Waals surface area contributed by atoms with Crippen molar-refractivity contribution in [3.8, 4) is 5.75 Å². The lowest BCUT2D eigenvalue weighted by Gasteiger charge is -2.33. The molecular weight excluding hydrogens is 220 g/mol. The maximum Gasteiger partial charge on any atom is 0.339 e. The third-order valence-corrected chi connectivity index (χ3v) is 2.86. The first-order valence-electron chi connectivity index (χ1n) is 5.57. The molecule has 0 saturated carbocycles. The van der Waals surface area contributed by atoms with E-state index >= 15 is 0 Å². The van der Waals surface area contributed by atoms with Crippen molar-refractivity contribution < 1.29 is 14.6 Å². The first kappa shape index (κ1) is 11.7. The third-order valence-electron chi connectivity index (χ3n) is 2.86. The standard InChI is InChI=1S/C12H16N2O3/c1-7-10(6-13-2)17-11-8(12(15)16)4-3-5-9(11)14-7/h3-5,7,10,13-14H,6H2,1-2H3,(H,15,16). The van der Waals surface area contributed by atoms with Gasteiger partial charge in [-0.05, 0) is 26.1 Å². The Labute approximate surface area is 99.8 Å². The van der Waals surface area contributed by atoms with Crippen LogP contribution in [-0.4, -0.2) is 36.8 Å². The van der Waals surface area contributed by atoms with E-state index in [1.807, 2.05) is 20.0 Å². The van der Waals surface area contributed by atoms with Gasteiger partial charge in [-0.25, -0.2) is 4.79 Å². The number of carboxylic acids is 1. The van der Waals surface area contributed by atoms with Gasteiger partial charge in [0.1, 0.15) is 11.7 Å². The van der Waals surface area contributed by atoms with Gasteiger partial charge in [0, 0.05) is 6.54 Å². The highest BCUT2D eigenvalue weighted by molar-refractivity contribution is 5.93. The first-order valence-corrected chi connectivity index (χ1v) is 5.57. The van der Waals surface area contributed by atoms with Gasteiger partial charge in [0.2, 0.25) is 0 Å². The van der Waals surface area contributed by atoms with Crippen molar-refractivity contribution in [1.82, 2.24) is 5.32 Å². The minimum absolute atomic E-state index is 0.0759. The second-order valence-electron chi connectivity index (χ2n) is 4.13. The van der Waals surface area contributed by atoms with Gasteiger partial charge >= 0.3 is 5.97 Å². The molecule has 1 aromatic rings. The Kier molecular flexibility index (Phi) is 3.19. The zero-order chi connectivity index (χ0) is 12.4. The van der Waals surface area contributed by atoms with Gasteiger partial charge < -0.3 is 20.5 Å². The maximum atomic E-state index is 11.1. The molecule has 1 aliphatic rings. The second-order valence-corrected chi connectivity index (χ2v) is 4.13. The van der Waals surface area contributed by atoms with Crippen molar-refractivity contribution in [2.75, 3.05) is 18.9 Å². The minimum Gasteiger partial charge on any atom is -0.484 e. The van der Waals surface area contributed by atoms with Gasteiger partial charge in [0.25, 0.3) is 0 Å². The molecule has 0 fully saturated rings. The number of benzene rings is 1. The number of carboxylic acid groups (broad SMARTS) is 1. The van der Waals surface area contributed by atoms with Crippen molar-refractivity contribution in [3.05, 3.63) is 23.8 Å². The quantitative estimate of drug-likeness (QED) is 0.734. The average molecular weight is 236 g/mol. The number of para-hydroxylation sites is 1. The number of ether oxygens (including phenoxy) is 1. The molecule has 5 nitrogen and oxygen atoms in total. The van der Waals surface area contributed by atoms with Crippen LogP contribution in [0.15, 0.2) is 18.2 Å². The van der Waals surface area contributed by atoms with Crippen molar-refractivity contribution >= 4 is 11.7 Å². The number of carbonyl (C=O) groups is 1. The first-order chi connectivity index (χ1) is 8.13. The van der Waals surface area contributed by atoms with Gasteiger partial charge in [0.15, 0.2) is 5.75 Å². The molecule has 3 N–H and O–H groups in total. The van der Waals surface area contributed by atoms with E-state index < -0.39 is 5.97 Å². The Hall–Kier alpha value is -1.75. The second kappa shape index (κ2) is 4.63. The zero-order valence-corrected chi connectivity index (χ0v) is 9.86. The fraction of sp³-hybridized carbons (Fsp3) is 0.417. The minimum atomic E-state index is -0.971. The number of anilines is 1. The summed E-state index contributed by atoms with van der Waals surface area (Å²) in [5.74, 6) is -0.542. The number of nitrogens with one attached hydrogen (secondary N) is 2. The molecule has 0 saturated heterocycles. The summed E-state index contributed by atoms with van der Waals surface area (Å²) in [6.07, 6.45) is -0.0759. The molecule has 0 aliphatic carbocycles. The summed E-state index contributed by atoms with van der Waals surface area (Å²) in [7, 11) is 1.84. The lowest BCUT2D eigenvalue weighted by Crippen LogP contribution is -2.45. The van der Waals surface area contributed by atoms with Crippen LogP contribution in [0, 0.1) is 0 Å². The van der Waals surface area contributed by atoms with E-state index in [1.165, 1.54) is 0 Å². The molecule has 0 spiro atoms. The average Bonchev–Trinajstić information content (AvgIpc) is 2.29. The summed E-state index contributed by atoms with van der Waals surface area (Å²) < 4.78 is 5.77. The highest BCUT2D eigenvalue weighted by atomic mass is 16.5. The van der Waals surface area contributed by atoms with E-state index in [1.54, 1.807) is 12.1 Å². The van der Waals surface area contributed by atoms with E-state index in [0.29, 0.717) is 12.3 Å². The molecule has 5 heteroatoms. The summed E-state index contributed by atoms with van der Waals surface area (Å²) in [6.45, 7) is 2.68. The number of hydrogen-bond donors (Lipinski definition) is 3. The lowest BCUT2D eigenvalue weighted by atomic mass is 10.1. The number of fused-ring (bicyclic) bond motifs is 1. The Morgan fingerprint density at radius 2 is 2.35 bits per heavy atom. The van der Waals surface area contributed by atoms with Crippen LogP contribution in [0.2, 0.25) is 0 Å². The monoisotopic (exact) mass is 236 g/mol. The Balaban J connectivity index is 2.36. The van der Waals surface area contributed by atoms with Crippen LogP contribution in [-0.2, 0) is 0 Å². The molecule has 1 aromatic carbocycles. The Morgan fingerprint density at radius 1 is 1.59 bits per heavy atom. The smallest absolute Gasteiger partial charge is 0.339 e. The van der Waals surface area contributed by atoms with Crippen LogP contribution in [0.5, 0.6) is 5.75 Å². The fourth-order valence-electron chi connectivity index (χ4n) is 1.96. The molecule has 0 radical (unpaired) electrons. The predicted molar refractivity (Wildman–Crippen MR) is 64.8 cm³/mol. The molecule has 1 heterocycles. The normalized spacial score (nSPS) is 22.2. The lowest BCUT2D eigenvalue weighted by molar-refractivity contribution is 0.0687. The van der Waals surface area contributed by atoms with Crippen LogP contribution < -0.4 is 15.4 Å². The van der Waals surface area contributed by atoms with E-state index in [2.05, 4.69) is 10.6 Å². The third kappa shape index (κ3) is 2.19. The molecule has 0 bridgehead atoms. The van der Waals surface area contributed by atoms with Crippen molar-refractivity contribution in [2.24, 2.45) is 0 Å². The number of aromatic carboxylic acids is 1. The molecule has 2 atom stereocenters. The van der Waals surface area contributed by atoms with Crippen molar-refractivity contribution in [2.45, 2.75) is 19.1 Å². The van der Waals surface area contributed by atoms with Gasteiger partial charge in [-0.1, -0.05) is 6.07 Å². The summed E-state index contributed by atoms with van der Waals surface area (Å²) in [5.41, 5.74) is 0.938. The van der Waals surface area contributed by atoms with E-state index in [9.17, 15) is 4.79 Å². The summed E-state index contributed by atoms with van der Waals surface area (Å²) in [6, 6.07) is 5.23. The molecule has 2 rings (SSSR count). The van der Waals surface area contributed by atoms with Crippen LogP contribution in [0.1, 0.15) is 17.3 Å². The summed E-state index contributed by atoms with van der Waals surface area (Å²) in [4.78, 5) is 11.1. The van der Waals surface area contributed by atoms with Crippen LogP contribution >= 0.6 is 0 Å². The van der Waals surface area contributed by atoms with E-state index in [0.717, 1.165) is 5.69 Å². The van der Waals surface area contributed by atoms with E-state index in [-0.39, 0.29) is 17.7 Å². The molecule has 1 aliphatic heterocycles. The number of hydrogen-bond acceptors (Lipinski definition) is 4. The summed E-state index contributed by atoms with van der Waals surface area (Å²) in [5, 5.41) is 15.4. The zero-order valence-electron chi connectivity index (χ0n) is 9.86.